The number of aromatic nitrogens is 1. The van der Waals surface area contributed by atoms with Gasteiger partial charge >= 0.3 is 0 Å². The number of rotatable bonds is 7. The van der Waals surface area contributed by atoms with Gasteiger partial charge in [0, 0.05) is 33.3 Å². The molecule has 9 heteroatoms. The van der Waals surface area contributed by atoms with Crippen molar-refractivity contribution >= 4 is 43.3 Å². The Hall–Kier alpha value is -4.37. The number of hydrogen-bond donors (Lipinski definition) is 3. The first kappa shape index (κ1) is 26.2. The first-order valence-electron chi connectivity index (χ1n) is 12.5. The zero-order valence-corrected chi connectivity index (χ0v) is 22.9. The third-order valence-electron chi connectivity index (χ3n) is 6.80. The van der Waals surface area contributed by atoms with Crippen molar-refractivity contribution in [2.24, 2.45) is 5.73 Å². The van der Waals surface area contributed by atoms with Crippen molar-refractivity contribution in [1.29, 1.82) is 0 Å². The number of fused-ring (bicyclic) bond motifs is 2. The predicted octanol–water partition coefficient (Wildman–Crippen LogP) is 5.30. The topological polar surface area (TPSA) is 135 Å². The molecule has 0 aliphatic rings. The normalized spacial score (nSPS) is 12.6. The van der Waals surface area contributed by atoms with Crippen molar-refractivity contribution < 1.29 is 17.6 Å². The smallest absolute Gasteiger partial charge is 0.233 e. The zero-order chi connectivity index (χ0) is 28.1. The summed E-state index contributed by atoms with van der Waals surface area (Å²) in [7, 11) is -3.95. The lowest BCUT2D eigenvalue weighted by molar-refractivity contribution is -0.115. The molecule has 200 valence electrons. The zero-order valence-electron chi connectivity index (χ0n) is 22.1. The van der Waals surface area contributed by atoms with Crippen LogP contribution < -0.4 is 16.5 Å². The van der Waals surface area contributed by atoms with E-state index in [1.807, 2.05) is 51.1 Å². The van der Waals surface area contributed by atoms with E-state index in [0.29, 0.717) is 33.5 Å². The molecule has 0 saturated heterocycles. The lowest BCUT2D eigenvalue weighted by Crippen LogP contribution is -2.24. The highest BCUT2D eigenvalue weighted by atomic mass is 32.2. The number of aromatic amines is 1. The fraction of sp³-hybridized carbons (Fsp3) is 0.200. The number of benzene rings is 3. The predicted molar refractivity (Wildman–Crippen MR) is 154 cm³/mol. The van der Waals surface area contributed by atoms with E-state index in [1.54, 1.807) is 31.2 Å². The molecular weight excluding hydrogens is 514 g/mol. The summed E-state index contributed by atoms with van der Waals surface area (Å²) in [5.41, 5.74) is 10.7. The molecule has 3 aromatic carbocycles. The average Bonchev–Trinajstić information content (AvgIpc) is 3.24. The molecule has 1 amide bonds. The van der Waals surface area contributed by atoms with Gasteiger partial charge in [0.25, 0.3) is 0 Å². The number of amides is 1. The van der Waals surface area contributed by atoms with Crippen LogP contribution in [0.1, 0.15) is 35.3 Å². The van der Waals surface area contributed by atoms with E-state index >= 15 is 0 Å². The minimum Gasteiger partial charge on any atom is -0.455 e. The lowest BCUT2D eigenvalue weighted by Gasteiger charge is -2.20. The van der Waals surface area contributed by atoms with E-state index in [1.165, 1.54) is 6.07 Å². The van der Waals surface area contributed by atoms with Crippen LogP contribution in [0.5, 0.6) is 0 Å². The summed E-state index contributed by atoms with van der Waals surface area (Å²) in [6.45, 7) is 7.50. The van der Waals surface area contributed by atoms with Gasteiger partial charge in [0.05, 0.1) is 22.0 Å². The van der Waals surface area contributed by atoms with Gasteiger partial charge in [-0.2, -0.15) is 0 Å². The van der Waals surface area contributed by atoms with Crippen LogP contribution in [-0.4, -0.2) is 25.1 Å². The second-order valence-corrected chi connectivity index (χ2v) is 11.9. The number of nitrogens with two attached hydrogens (primary N) is 1. The molecule has 39 heavy (non-hydrogen) atoms. The molecule has 0 spiro atoms. The molecule has 2 aromatic heterocycles. The Morgan fingerprint density at radius 1 is 1.05 bits per heavy atom. The first-order chi connectivity index (χ1) is 18.4. The fourth-order valence-electron chi connectivity index (χ4n) is 5.02. The standard InChI is InChI=1S/C30H29N3O5S/c1-16-11-22(19(4)33-25-7-5-6-8-26(25)39(36,37)15-27(31)34)30-23(12-16)28(35)18(3)29(38-30)20-9-10-24-21(14-20)13-17(2)32-24/h5-14,19,32-33H,15H2,1-4H3,(H2,31,34). The maximum Gasteiger partial charge on any atom is 0.233 e. The SMILES string of the molecule is Cc1cc(C(C)Nc2ccccc2S(=O)(=O)CC(N)=O)c2oc(-c3ccc4[nH]c(C)cc4c3)c(C)c(=O)c2c1. The number of anilines is 1. The van der Waals surface area contributed by atoms with Crippen LogP contribution in [0.4, 0.5) is 5.69 Å². The minimum absolute atomic E-state index is 0.0271. The van der Waals surface area contributed by atoms with Crippen molar-refractivity contribution in [3.05, 3.63) is 93.3 Å². The molecule has 0 aliphatic carbocycles. The molecule has 5 aromatic rings. The third-order valence-corrected chi connectivity index (χ3v) is 8.49. The molecule has 1 unspecified atom stereocenters. The summed E-state index contributed by atoms with van der Waals surface area (Å²) in [6, 6.07) is 17.5. The molecule has 0 saturated carbocycles. The Morgan fingerprint density at radius 3 is 2.54 bits per heavy atom. The van der Waals surface area contributed by atoms with E-state index in [-0.39, 0.29) is 10.3 Å². The molecule has 0 fully saturated rings. The van der Waals surface area contributed by atoms with E-state index in [4.69, 9.17) is 10.2 Å². The molecule has 0 aliphatic heterocycles. The highest BCUT2D eigenvalue weighted by Crippen LogP contribution is 2.34. The molecule has 4 N–H and O–H groups in total. The molecule has 0 radical (unpaired) electrons. The van der Waals surface area contributed by atoms with Crippen molar-refractivity contribution in [3.63, 3.8) is 0 Å². The van der Waals surface area contributed by atoms with Crippen LogP contribution in [0.2, 0.25) is 0 Å². The summed E-state index contributed by atoms with van der Waals surface area (Å²) in [6.07, 6.45) is 0. The summed E-state index contributed by atoms with van der Waals surface area (Å²) in [4.78, 5) is 28.2. The van der Waals surface area contributed by atoms with Gasteiger partial charge in [-0.05, 0) is 75.7 Å². The lowest BCUT2D eigenvalue weighted by atomic mass is 9.98. The molecule has 1 atom stereocenters. The van der Waals surface area contributed by atoms with Gasteiger partial charge in [0.2, 0.25) is 5.91 Å². The van der Waals surface area contributed by atoms with Crippen LogP contribution in [0.25, 0.3) is 33.2 Å². The van der Waals surface area contributed by atoms with Gasteiger partial charge in [0.1, 0.15) is 17.1 Å². The molecular formula is C30H29N3O5S. The fourth-order valence-corrected chi connectivity index (χ4v) is 6.29. The van der Waals surface area contributed by atoms with Crippen molar-refractivity contribution in [3.8, 4) is 11.3 Å². The van der Waals surface area contributed by atoms with Crippen LogP contribution in [-0.2, 0) is 14.6 Å². The summed E-state index contributed by atoms with van der Waals surface area (Å²) in [5.74, 6) is -1.24. The van der Waals surface area contributed by atoms with Crippen molar-refractivity contribution in [2.75, 3.05) is 11.1 Å². The van der Waals surface area contributed by atoms with Gasteiger partial charge in [-0.25, -0.2) is 8.42 Å². The second-order valence-electron chi connectivity index (χ2n) is 9.96. The third kappa shape index (κ3) is 4.93. The van der Waals surface area contributed by atoms with E-state index in [2.05, 4.69) is 10.3 Å². The highest BCUT2D eigenvalue weighted by Gasteiger charge is 2.24. The van der Waals surface area contributed by atoms with E-state index < -0.39 is 27.5 Å². The summed E-state index contributed by atoms with van der Waals surface area (Å²) in [5, 5.41) is 4.71. The maximum absolute atomic E-state index is 13.6. The van der Waals surface area contributed by atoms with Gasteiger partial charge in [-0.3, -0.25) is 9.59 Å². The van der Waals surface area contributed by atoms with Gasteiger partial charge in [-0.15, -0.1) is 0 Å². The maximum atomic E-state index is 13.6. The van der Waals surface area contributed by atoms with Crippen LogP contribution in [0.15, 0.2) is 74.8 Å². The van der Waals surface area contributed by atoms with E-state index in [9.17, 15) is 18.0 Å². The number of nitrogens with one attached hydrogen (secondary N) is 2. The van der Waals surface area contributed by atoms with Crippen LogP contribution in [0, 0.1) is 20.8 Å². The first-order valence-corrected chi connectivity index (χ1v) is 14.1. The van der Waals surface area contributed by atoms with Crippen LogP contribution >= 0.6 is 0 Å². The summed E-state index contributed by atoms with van der Waals surface area (Å²) >= 11 is 0. The second kappa shape index (κ2) is 9.74. The molecule has 2 heterocycles. The number of primary amides is 1. The molecule has 8 nitrogen and oxygen atoms in total. The van der Waals surface area contributed by atoms with Crippen LogP contribution in [0.3, 0.4) is 0 Å². The Bertz CT molecular complexity index is 1940. The Balaban J connectivity index is 1.64. The minimum atomic E-state index is -3.95. The highest BCUT2D eigenvalue weighted by molar-refractivity contribution is 7.92. The quantitative estimate of drug-likeness (QED) is 0.255. The Labute approximate surface area is 225 Å². The molecule has 5 rings (SSSR count). The van der Waals surface area contributed by atoms with Crippen molar-refractivity contribution in [2.45, 2.75) is 38.6 Å². The number of sulfone groups is 1. The average molecular weight is 544 g/mol. The van der Waals surface area contributed by atoms with E-state index in [0.717, 1.165) is 27.7 Å². The monoisotopic (exact) mass is 543 g/mol. The number of carbonyl (C=O) groups excluding carboxylic acids is 1. The number of hydrogen-bond acceptors (Lipinski definition) is 6. The number of aryl methyl sites for hydroxylation is 2. The number of carbonyl (C=O) groups is 1. The van der Waals surface area contributed by atoms with Gasteiger partial charge in [-0.1, -0.05) is 18.2 Å². The van der Waals surface area contributed by atoms with Gasteiger partial charge < -0.3 is 20.5 Å². The Morgan fingerprint density at radius 2 is 1.79 bits per heavy atom. The Kier molecular flexibility index (Phi) is 6.56. The molecule has 0 bridgehead atoms. The van der Waals surface area contributed by atoms with Gasteiger partial charge in [0.15, 0.2) is 15.3 Å². The largest absolute Gasteiger partial charge is 0.455 e. The van der Waals surface area contributed by atoms with Crippen molar-refractivity contribution in [1.82, 2.24) is 4.98 Å². The number of H-pyrrole nitrogens is 1. The summed E-state index contributed by atoms with van der Waals surface area (Å²) < 4.78 is 32.1. The number of para-hydroxylation sites is 1.